The minimum Gasteiger partial charge on any atom is -0.351 e. The van der Waals surface area contributed by atoms with Gasteiger partial charge in [-0.2, -0.15) is 5.26 Å². The number of anilines is 1. The van der Waals surface area contributed by atoms with Crippen LogP contribution in [-0.2, 0) is 22.4 Å². The van der Waals surface area contributed by atoms with Crippen molar-refractivity contribution in [3.8, 4) is 6.07 Å². The zero-order valence-electron chi connectivity index (χ0n) is 19.2. The molecule has 0 bridgehead atoms. The minimum absolute atomic E-state index is 0.132. The first-order valence-corrected chi connectivity index (χ1v) is 12.1. The van der Waals surface area contributed by atoms with Crippen molar-refractivity contribution in [2.45, 2.75) is 25.0 Å². The molecule has 1 saturated heterocycles. The number of amides is 2. The molecular formula is C28H24FN3O2S. The van der Waals surface area contributed by atoms with Crippen LogP contribution in [0.25, 0.3) is 0 Å². The largest absolute Gasteiger partial charge is 0.351 e. The van der Waals surface area contributed by atoms with Crippen molar-refractivity contribution in [2.24, 2.45) is 0 Å². The minimum atomic E-state index is -0.540. The molecule has 0 unspecified atom stereocenters. The standard InChI is InChI=1S/C28H24FN3O2S/c1-19-7-9-21(10-8-19)17-25-27(34)32(23-13-11-22(29)12-14-23)28(35-25)24(18-30)26(33)31-16-15-20-5-3-2-4-6-20/h2-14,25H,15-17H2,1H3,(H,31,33)/b28-24-/t25-/m1/s1. The summed E-state index contributed by atoms with van der Waals surface area (Å²) in [5.74, 6) is -1.22. The number of rotatable bonds is 7. The number of nitrogens with one attached hydrogen (secondary N) is 1. The molecular weight excluding hydrogens is 461 g/mol. The molecule has 1 heterocycles. The molecule has 1 aliphatic heterocycles. The van der Waals surface area contributed by atoms with E-state index in [4.69, 9.17) is 0 Å². The molecule has 35 heavy (non-hydrogen) atoms. The summed E-state index contributed by atoms with van der Waals surface area (Å²) in [6, 6.07) is 25.1. The van der Waals surface area contributed by atoms with E-state index in [1.807, 2.05) is 67.6 Å². The second-order valence-electron chi connectivity index (χ2n) is 8.23. The quantitative estimate of drug-likeness (QED) is 0.381. The first-order valence-electron chi connectivity index (χ1n) is 11.2. The molecule has 4 rings (SSSR count). The summed E-state index contributed by atoms with van der Waals surface area (Å²) < 4.78 is 13.6. The lowest BCUT2D eigenvalue weighted by Crippen LogP contribution is -2.32. The SMILES string of the molecule is Cc1ccc(C[C@H]2S/C(=C(/C#N)C(=O)NCCc3ccccc3)N(c3ccc(F)cc3)C2=O)cc1. The van der Waals surface area contributed by atoms with Gasteiger partial charge in [-0.25, -0.2) is 4.39 Å². The van der Waals surface area contributed by atoms with Crippen molar-refractivity contribution in [3.63, 3.8) is 0 Å². The fourth-order valence-corrected chi connectivity index (χ4v) is 5.11. The molecule has 3 aromatic rings. The van der Waals surface area contributed by atoms with E-state index in [9.17, 15) is 19.2 Å². The molecule has 0 radical (unpaired) electrons. The fraction of sp³-hybridized carbons (Fsp3) is 0.179. The normalized spacial score (nSPS) is 16.7. The highest BCUT2D eigenvalue weighted by Gasteiger charge is 2.40. The number of carbonyl (C=O) groups excluding carboxylic acids is 2. The zero-order valence-corrected chi connectivity index (χ0v) is 20.0. The van der Waals surface area contributed by atoms with Crippen LogP contribution in [-0.4, -0.2) is 23.6 Å². The van der Waals surface area contributed by atoms with E-state index < -0.39 is 17.0 Å². The van der Waals surface area contributed by atoms with Gasteiger partial charge in [-0.1, -0.05) is 71.9 Å². The third-order valence-electron chi connectivity index (χ3n) is 5.67. The highest BCUT2D eigenvalue weighted by molar-refractivity contribution is 8.05. The summed E-state index contributed by atoms with van der Waals surface area (Å²) in [6.45, 7) is 2.34. The molecule has 0 aromatic heterocycles. The Labute approximate surface area is 208 Å². The molecule has 1 fully saturated rings. The van der Waals surface area contributed by atoms with E-state index in [1.165, 1.54) is 40.9 Å². The van der Waals surface area contributed by atoms with Crippen LogP contribution in [0.1, 0.15) is 16.7 Å². The Morgan fingerprint density at radius 3 is 2.37 bits per heavy atom. The lowest BCUT2D eigenvalue weighted by Gasteiger charge is -2.18. The summed E-state index contributed by atoms with van der Waals surface area (Å²) in [6.07, 6.45) is 1.06. The van der Waals surface area contributed by atoms with Crippen molar-refractivity contribution in [2.75, 3.05) is 11.4 Å². The number of nitriles is 1. The number of carbonyl (C=O) groups is 2. The Morgan fingerprint density at radius 1 is 1.03 bits per heavy atom. The van der Waals surface area contributed by atoms with E-state index in [-0.39, 0.29) is 16.5 Å². The second kappa shape index (κ2) is 11.0. The number of halogens is 1. The van der Waals surface area contributed by atoms with E-state index in [2.05, 4.69) is 5.32 Å². The number of thioether (sulfide) groups is 1. The Kier molecular flexibility index (Phi) is 7.64. The maximum atomic E-state index is 13.6. The van der Waals surface area contributed by atoms with Crippen LogP contribution in [0.4, 0.5) is 10.1 Å². The van der Waals surface area contributed by atoms with Crippen molar-refractivity contribution >= 4 is 29.3 Å². The molecule has 2 amide bonds. The maximum Gasteiger partial charge on any atom is 0.264 e. The zero-order chi connectivity index (χ0) is 24.8. The van der Waals surface area contributed by atoms with Gasteiger partial charge < -0.3 is 5.32 Å². The van der Waals surface area contributed by atoms with Gasteiger partial charge >= 0.3 is 0 Å². The molecule has 7 heteroatoms. The maximum absolute atomic E-state index is 13.6. The first-order chi connectivity index (χ1) is 17.0. The monoisotopic (exact) mass is 485 g/mol. The Balaban J connectivity index is 1.61. The smallest absolute Gasteiger partial charge is 0.264 e. The lowest BCUT2D eigenvalue weighted by molar-refractivity contribution is -0.117. The Bertz CT molecular complexity index is 1280. The molecule has 1 atom stereocenters. The molecule has 176 valence electrons. The average molecular weight is 486 g/mol. The van der Waals surface area contributed by atoms with Crippen LogP contribution in [0.3, 0.4) is 0 Å². The molecule has 1 aliphatic rings. The Hall–Kier alpha value is -3.89. The van der Waals surface area contributed by atoms with E-state index in [0.717, 1.165) is 16.7 Å². The number of hydrogen-bond acceptors (Lipinski definition) is 4. The van der Waals surface area contributed by atoms with Crippen LogP contribution < -0.4 is 10.2 Å². The number of hydrogen-bond donors (Lipinski definition) is 1. The van der Waals surface area contributed by atoms with Crippen molar-refractivity contribution < 1.29 is 14.0 Å². The van der Waals surface area contributed by atoms with Gasteiger partial charge in [0.25, 0.3) is 5.91 Å². The number of nitrogens with zero attached hydrogens (tertiary/aromatic N) is 2. The first kappa shape index (κ1) is 24.2. The summed E-state index contributed by atoms with van der Waals surface area (Å²) in [4.78, 5) is 27.8. The summed E-state index contributed by atoms with van der Waals surface area (Å²) in [5, 5.41) is 12.4. The highest BCUT2D eigenvalue weighted by atomic mass is 32.2. The molecule has 0 aliphatic carbocycles. The molecule has 5 nitrogen and oxygen atoms in total. The summed E-state index contributed by atoms with van der Waals surface area (Å²) in [7, 11) is 0. The van der Waals surface area contributed by atoms with Crippen LogP contribution >= 0.6 is 11.8 Å². The predicted molar refractivity (Wildman–Crippen MR) is 136 cm³/mol. The third kappa shape index (κ3) is 5.79. The lowest BCUT2D eigenvalue weighted by atomic mass is 10.1. The summed E-state index contributed by atoms with van der Waals surface area (Å²) in [5.41, 5.74) is 3.44. The van der Waals surface area contributed by atoms with Gasteiger partial charge in [0.1, 0.15) is 22.5 Å². The van der Waals surface area contributed by atoms with Crippen LogP contribution in [0.15, 0.2) is 89.5 Å². The van der Waals surface area contributed by atoms with Crippen LogP contribution in [0, 0.1) is 24.1 Å². The van der Waals surface area contributed by atoms with Gasteiger partial charge in [0, 0.05) is 12.2 Å². The van der Waals surface area contributed by atoms with Crippen molar-refractivity contribution in [1.29, 1.82) is 5.26 Å². The van der Waals surface area contributed by atoms with E-state index >= 15 is 0 Å². The van der Waals surface area contributed by atoms with Gasteiger partial charge in [0.15, 0.2) is 0 Å². The van der Waals surface area contributed by atoms with Gasteiger partial charge in [0.05, 0.1) is 5.25 Å². The molecule has 1 N–H and O–H groups in total. The van der Waals surface area contributed by atoms with Gasteiger partial charge in [-0.3, -0.25) is 14.5 Å². The number of benzene rings is 3. The number of aryl methyl sites for hydroxylation is 1. The van der Waals surface area contributed by atoms with Crippen molar-refractivity contribution in [3.05, 3.63) is 112 Å². The van der Waals surface area contributed by atoms with E-state index in [1.54, 1.807) is 0 Å². The second-order valence-corrected chi connectivity index (χ2v) is 9.42. The highest BCUT2D eigenvalue weighted by Crippen LogP contribution is 2.42. The Morgan fingerprint density at radius 2 is 1.71 bits per heavy atom. The average Bonchev–Trinajstić information content (AvgIpc) is 3.17. The summed E-state index contributed by atoms with van der Waals surface area (Å²) >= 11 is 1.19. The predicted octanol–water partition coefficient (Wildman–Crippen LogP) is 4.92. The van der Waals surface area contributed by atoms with E-state index in [0.29, 0.717) is 25.1 Å². The molecule has 0 spiro atoms. The van der Waals surface area contributed by atoms with Gasteiger partial charge in [-0.15, -0.1) is 0 Å². The van der Waals surface area contributed by atoms with Gasteiger partial charge in [-0.05, 0) is 55.2 Å². The third-order valence-corrected chi connectivity index (χ3v) is 6.94. The fourth-order valence-electron chi connectivity index (χ4n) is 3.80. The molecule has 3 aromatic carbocycles. The van der Waals surface area contributed by atoms with Crippen molar-refractivity contribution in [1.82, 2.24) is 5.32 Å². The molecule has 0 saturated carbocycles. The topological polar surface area (TPSA) is 73.2 Å². The van der Waals surface area contributed by atoms with Gasteiger partial charge in [0.2, 0.25) is 5.91 Å². The van der Waals surface area contributed by atoms with Crippen LogP contribution in [0.2, 0.25) is 0 Å². The van der Waals surface area contributed by atoms with Crippen LogP contribution in [0.5, 0.6) is 0 Å².